The number of carbonyl (C=O) groups excluding carboxylic acids is 1. The van der Waals surface area contributed by atoms with Crippen LogP contribution in [0.3, 0.4) is 0 Å². The Bertz CT molecular complexity index is 336. The summed E-state index contributed by atoms with van der Waals surface area (Å²) < 4.78 is 0. The molecule has 68 valence electrons. The Balaban J connectivity index is 2.96. The summed E-state index contributed by atoms with van der Waals surface area (Å²) in [5.74, 6) is 0.0625. The molecule has 0 saturated carbocycles. The second kappa shape index (κ2) is 4.24. The summed E-state index contributed by atoms with van der Waals surface area (Å²) in [5.41, 5.74) is 1.99. The third-order valence-electron chi connectivity index (χ3n) is 1.72. The SMILES string of the molecule is CC(=O)/C=C(/C)c1ccc(Cl)cc1. The molecule has 0 aliphatic rings. The van der Waals surface area contributed by atoms with Crippen LogP contribution in [-0.4, -0.2) is 5.78 Å². The van der Waals surface area contributed by atoms with Gasteiger partial charge in [0, 0.05) is 5.02 Å². The van der Waals surface area contributed by atoms with Crippen molar-refractivity contribution in [2.45, 2.75) is 13.8 Å². The maximum atomic E-state index is 10.8. The Kier molecular flexibility index (Phi) is 3.26. The van der Waals surface area contributed by atoms with Gasteiger partial charge in [0.25, 0.3) is 0 Å². The summed E-state index contributed by atoms with van der Waals surface area (Å²) in [5, 5.41) is 0.708. The number of halogens is 1. The van der Waals surface area contributed by atoms with E-state index in [0.29, 0.717) is 5.02 Å². The summed E-state index contributed by atoms with van der Waals surface area (Å²) in [6.45, 7) is 3.45. The first kappa shape index (κ1) is 10.0. The second-order valence-electron chi connectivity index (χ2n) is 2.94. The van der Waals surface area contributed by atoms with Crippen LogP contribution in [-0.2, 0) is 4.79 Å². The molecule has 1 aromatic carbocycles. The van der Waals surface area contributed by atoms with E-state index in [-0.39, 0.29) is 5.78 Å². The highest BCUT2D eigenvalue weighted by molar-refractivity contribution is 6.30. The van der Waals surface area contributed by atoms with Crippen LogP contribution < -0.4 is 0 Å². The standard InChI is InChI=1S/C11H11ClO/c1-8(7-9(2)13)10-3-5-11(12)6-4-10/h3-7H,1-2H3/b8-7-. The number of hydrogen-bond acceptors (Lipinski definition) is 1. The Morgan fingerprint density at radius 3 is 2.23 bits per heavy atom. The molecule has 0 N–H and O–H groups in total. The van der Waals surface area contributed by atoms with Crippen LogP contribution in [0.25, 0.3) is 5.57 Å². The molecule has 13 heavy (non-hydrogen) atoms. The lowest BCUT2D eigenvalue weighted by atomic mass is 10.1. The lowest BCUT2D eigenvalue weighted by Crippen LogP contribution is -1.85. The van der Waals surface area contributed by atoms with E-state index in [1.807, 2.05) is 31.2 Å². The smallest absolute Gasteiger partial charge is 0.152 e. The Hall–Kier alpha value is -1.08. The van der Waals surface area contributed by atoms with E-state index in [1.165, 1.54) is 0 Å². The first-order chi connectivity index (χ1) is 6.09. The quantitative estimate of drug-likeness (QED) is 0.660. The minimum atomic E-state index is 0.0625. The van der Waals surface area contributed by atoms with Crippen LogP contribution in [0.1, 0.15) is 19.4 Å². The number of rotatable bonds is 2. The molecule has 1 aromatic rings. The molecule has 0 fully saturated rings. The minimum absolute atomic E-state index is 0.0625. The van der Waals surface area contributed by atoms with Gasteiger partial charge >= 0.3 is 0 Å². The van der Waals surface area contributed by atoms with Gasteiger partial charge in [-0.25, -0.2) is 0 Å². The number of benzene rings is 1. The highest BCUT2D eigenvalue weighted by Crippen LogP contribution is 2.16. The van der Waals surface area contributed by atoms with Crippen molar-refractivity contribution in [2.75, 3.05) is 0 Å². The Morgan fingerprint density at radius 2 is 1.77 bits per heavy atom. The molecule has 0 spiro atoms. The topological polar surface area (TPSA) is 17.1 Å². The van der Waals surface area contributed by atoms with Crippen molar-refractivity contribution < 1.29 is 4.79 Å². The van der Waals surface area contributed by atoms with Crippen molar-refractivity contribution in [3.8, 4) is 0 Å². The zero-order chi connectivity index (χ0) is 9.84. The second-order valence-corrected chi connectivity index (χ2v) is 3.38. The van der Waals surface area contributed by atoms with Crippen molar-refractivity contribution in [1.82, 2.24) is 0 Å². The zero-order valence-corrected chi connectivity index (χ0v) is 8.43. The average molecular weight is 195 g/mol. The summed E-state index contributed by atoms with van der Waals surface area (Å²) in [6.07, 6.45) is 1.61. The Labute approximate surface area is 83.0 Å². The van der Waals surface area contributed by atoms with Crippen LogP contribution in [0.2, 0.25) is 5.02 Å². The maximum absolute atomic E-state index is 10.8. The van der Waals surface area contributed by atoms with E-state index in [9.17, 15) is 4.79 Å². The molecule has 1 rings (SSSR count). The third-order valence-corrected chi connectivity index (χ3v) is 1.97. The minimum Gasteiger partial charge on any atom is -0.295 e. The molecule has 0 saturated heterocycles. The lowest BCUT2D eigenvalue weighted by molar-refractivity contribution is -0.112. The number of allylic oxidation sites excluding steroid dienone is 2. The molecular weight excluding hydrogens is 184 g/mol. The van der Waals surface area contributed by atoms with E-state index in [0.717, 1.165) is 11.1 Å². The molecule has 0 aromatic heterocycles. The predicted octanol–water partition coefficient (Wildman–Crippen LogP) is 3.33. The normalized spacial score (nSPS) is 11.5. The van der Waals surface area contributed by atoms with Gasteiger partial charge in [0.1, 0.15) is 0 Å². The average Bonchev–Trinajstić information content (AvgIpc) is 2.04. The van der Waals surface area contributed by atoms with Crippen molar-refractivity contribution in [3.63, 3.8) is 0 Å². The van der Waals surface area contributed by atoms with Gasteiger partial charge < -0.3 is 0 Å². The van der Waals surface area contributed by atoms with E-state index in [4.69, 9.17) is 11.6 Å². The fourth-order valence-electron chi connectivity index (χ4n) is 1.10. The largest absolute Gasteiger partial charge is 0.295 e. The van der Waals surface area contributed by atoms with Crippen molar-refractivity contribution in [2.24, 2.45) is 0 Å². The van der Waals surface area contributed by atoms with Crippen molar-refractivity contribution >= 4 is 23.0 Å². The highest BCUT2D eigenvalue weighted by atomic mass is 35.5. The molecule has 0 bridgehead atoms. The van der Waals surface area contributed by atoms with E-state index >= 15 is 0 Å². The van der Waals surface area contributed by atoms with Gasteiger partial charge in [0.15, 0.2) is 5.78 Å². The summed E-state index contributed by atoms with van der Waals surface area (Å²) in [7, 11) is 0. The summed E-state index contributed by atoms with van der Waals surface area (Å²) in [6, 6.07) is 7.43. The molecule has 0 amide bonds. The van der Waals surface area contributed by atoms with Gasteiger partial charge in [-0.15, -0.1) is 0 Å². The molecule has 0 aliphatic heterocycles. The van der Waals surface area contributed by atoms with Crippen LogP contribution in [0, 0.1) is 0 Å². The molecule has 0 unspecified atom stereocenters. The molecule has 2 heteroatoms. The molecule has 0 aliphatic carbocycles. The van der Waals surface area contributed by atoms with Crippen LogP contribution >= 0.6 is 11.6 Å². The Morgan fingerprint density at radius 1 is 1.23 bits per heavy atom. The van der Waals surface area contributed by atoms with Gasteiger partial charge in [-0.3, -0.25) is 4.79 Å². The van der Waals surface area contributed by atoms with Gasteiger partial charge in [-0.05, 0) is 43.2 Å². The molecule has 0 radical (unpaired) electrons. The number of carbonyl (C=O) groups is 1. The summed E-state index contributed by atoms with van der Waals surface area (Å²) in [4.78, 5) is 10.8. The molecular formula is C11H11ClO. The number of ketones is 1. The molecule has 0 heterocycles. The van der Waals surface area contributed by atoms with E-state index in [2.05, 4.69) is 0 Å². The van der Waals surface area contributed by atoms with E-state index < -0.39 is 0 Å². The molecule has 0 atom stereocenters. The molecule has 1 nitrogen and oxygen atoms in total. The fourth-order valence-corrected chi connectivity index (χ4v) is 1.23. The van der Waals surface area contributed by atoms with Gasteiger partial charge in [0.2, 0.25) is 0 Å². The highest BCUT2D eigenvalue weighted by Gasteiger charge is 1.96. The fraction of sp³-hybridized carbons (Fsp3) is 0.182. The van der Waals surface area contributed by atoms with Crippen molar-refractivity contribution in [3.05, 3.63) is 40.9 Å². The monoisotopic (exact) mass is 194 g/mol. The first-order valence-corrected chi connectivity index (χ1v) is 4.42. The van der Waals surface area contributed by atoms with Crippen LogP contribution in [0.15, 0.2) is 30.3 Å². The van der Waals surface area contributed by atoms with Crippen LogP contribution in [0.4, 0.5) is 0 Å². The van der Waals surface area contributed by atoms with E-state index in [1.54, 1.807) is 13.0 Å². The maximum Gasteiger partial charge on any atom is 0.152 e. The van der Waals surface area contributed by atoms with Gasteiger partial charge in [0.05, 0.1) is 0 Å². The third kappa shape index (κ3) is 3.03. The van der Waals surface area contributed by atoms with Crippen LogP contribution in [0.5, 0.6) is 0 Å². The predicted molar refractivity (Wildman–Crippen MR) is 55.8 cm³/mol. The van der Waals surface area contributed by atoms with Crippen molar-refractivity contribution in [1.29, 1.82) is 0 Å². The van der Waals surface area contributed by atoms with Gasteiger partial charge in [-0.1, -0.05) is 23.7 Å². The van der Waals surface area contributed by atoms with Gasteiger partial charge in [-0.2, -0.15) is 0 Å². The first-order valence-electron chi connectivity index (χ1n) is 4.04. The number of hydrogen-bond donors (Lipinski definition) is 0. The lowest BCUT2D eigenvalue weighted by Gasteiger charge is -1.99. The zero-order valence-electron chi connectivity index (χ0n) is 7.67. The summed E-state index contributed by atoms with van der Waals surface area (Å²) >= 11 is 5.74.